The van der Waals surface area contributed by atoms with Crippen LogP contribution < -0.4 is 4.90 Å². The van der Waals surface area contributed by atoms with E-state index < -0.39 is 5.97 Å². The van der Waals surface area contributed by atoms with Crippen molar-refractivity contribution in [2.75, 3.05) is 31.6 Å². The summed E-state index contributed by atoms with van der Waals surface area (Å²) in [5.41, 5.74) is 2.24. The van der Waals surface area contributed by atoms with Crippen molar-refractivity contribution in [3.63, 3.8) is 0 Å². The number of carbonyl (C=O) groups is 2. The van der Waals surface area contributed by atoms with Crippen LogP contribution in [0.2, 0.25) is 0 Å². The summed E-state index contributed by atoms with van der Waals surface area (Å²) in [7, 11) is 1.84. The van der Waals surface area contributed by atoms with E-state index in [-0.39, 0.29) is 24.7 Å². The van der Waals surface area contributed by atoms with Gasteiger partial charge in [-0.1, -0.05) is 18.2 Å². The van der Waals surface area contributed by atoms with Crippen LogP contribution in [0.3, 0.4) is 0 Å². The molecular formula is C15H21ClN2O3. The van der Waals surface area contributed by atoms with Crippen LogP contribution in [0, 0.1) is 0 Å². The van der Waals surface area contributed by atoms with Gasteiger partial charge in [-0.05, 0) is 25.1 Å². The third-order valence-corrected chi connectivity index (χ3v) is 3.60. The lowest BCUT2D eigenvalue weighted by atomic mass is 10.2. The first-order valence-corrected chi connectivity index (χ1v) is 6.86. The van der Waals surface area contributed by atoms with E-state index >= 15 is 0 Å². The molecule has 21 heavy (non-hydrogen) atoms. The molecule has 0 aromatic heterocycles. The standard InChI is InChI=1S/C15H20N2O3.ClH/c1-16(10-8-15(19)20)9-7-14(18)17-11-6-12-4-2-3-5-13(12)17;/h2-5H,6-11H2,1H3,(H,19,20);1H. The average Bonchev–Trinajstić information content (AvgIpc) is 2.86. The minimum absolute atomic E-state index is 0. The Hall–Kier alpha value is -1.59. The maximum absolute atomic E-state index is 12.2. The number of carboxylic acids is 1. The average molecular weight is 313 g/mol. The molecule has 0 unspecified atom stereocenters. The van der Waals surface area contributed by atoms with Gasteiger partial charge in [0.05, 0.1) is 6.42 Å². The van der Waals surface area contributed by atoms with Crippen molar-refractivity contribution in [1.82, 2.24) is 4.90 Å². The van der Waals surface area contributed by atoms with Gasteiger partial charge < -0.3 is 14.9 Å². The van der Waals surface area contributed by atoms with Crippen LogP contribution >= 0.6 is 12.4 Å². The summed E-state index contributed by atoms with van der Waals surface area (Å²) >= 11 is 0. The van der Waals surface area contributed by atoms with Gasteiger partial charge in [0.2, 0.25) is 5.91 Å². The molecule has 1 aromatic carbocycles. The molecule has 0 fully saturated rings. The fourth-order valence-electron chi connectivity index (χ4n) is 2.42. The van der Waals surface area contributed by atoms with Crippen LogP contribution in [-0.2, 0) is 16.0 Å². The first-order chi connectivity index (χ1) is 9.58. The summed E-state index contributed by atoms with van der Waals surface area (Å²) in [6.07, 6.45) is 1.44. The van der Waals surface area contributed by atoms with Gasteiger partial charge in [-0.2, -0.15) is 0 Å². The molecule has 0 saturated heterocycles. The Morgan fingerprint density at radius 2 is 1.90 bits per heavy atom. The third kappa shape index (κ3) is 4.72. The van der Waals surface area contributed by atoms with Gasteiger partial charge in [0.15, 0.2) is 0 Å². The highest BCUT2D eigenvalue weighted by Gasteiger charge is 2.23. The van der Waals surface area contributed by atoms with E-state index in [0.717, 1.165) is 18.7 Å². The third-order valence-electron chi connectivity index (χ3n) is 3.60. The summed E-state index contributed by atoms with van der Waals surface area (Å²) in [5, 5.41) is 8.62. The summed E-state index contributed by atoms with van der Waals surface area (Å²) in [6.45, 7) is 1.81. The van der Waals surface area contributed by atoms with Crippen LogP contribution in [0.25, 0.3) is 0 Å². The van der Waals surface area contributed by atoms with Crippen molar-refractivity contribution in [1.29, 1.82) is 0 Å². The number of para-hydroxylation sites is 1. The predicted molar refractivity (Wildman–Crippen MR) is 84.1 cm³/mol. The zero-order chi connectivity index (χ0) is 14.5. The normalized spacial score (nSPS) is 13.0. The molecule has 0 atom stereocenters. The lowest BCUT2D eigenvalue weighted by molar-refractivity contribution is -0.137. The van der Waals surface area contributed by atoms with Crippen LogP contribution in [0.5, 0.6) is 0 Å². The molecule has 2 rings (SSSR count). The van der Waals surface area contributed by atoms with Crippen molar-refractivity contribution < 1.29 is 14.7 Å². The van der Waals surface area contributed by atoms with Crippen LogP contribution in [0.15, 0.2) is 24.3 Å². The lowest BCUT2D eigenvalue weighted by Crippen LogP contribution is -2.33. The molecule has 1 aliphatic rings. The number of hydrogen-bond donors (Lipinski definition) is 1. The second kappa shape index (κ2) is 8.00. The number of halogens is 1. The van der Waals surface area contributed by atoms with Gasteiger partial charge >= 0.3 is 5.97 Å². The number of benzene rings is 1. The van der Waals surface area contributed by atoms with E-state index in [0.29, 0.717) is 19.5 Å². The van der Waals surface area contributed by atoms with Crippen molar-refractivity contribution in [3.05, 3.63) is 29.8 Å². The summed E-state index contributed by atoms with van der Waals surface area (Å²) in [6, 6.07) is 7.98. The van der Waals surface area contributed by atoms with Crippen molar-refractivity contribution >= 4 is 30.0 Å². The molecule has 1 aromatic rings. The van der Waals surface area contributed by atoms with Gasteiger partial charge in [-0.3, -0.25) is 9.59 Å². The Balaban J connectivity index is 0.00000220. The van der Waals surface area contributed by atoms with Crippen LogP contribution in [-0.4, -0.2) is 48.6 Å². The highest BCUT2D eigenvalue weighted by Crippen LogP contribution is 2.27. The highest BCUT2D eigenvalue weighted by molar-refractivity contribution is 5.95. The molecule has 0 spiro atoms. The van der Waals surface area contributed by atoms with Crippen molar-refractivity contribution in [2.24, 2.45) is 0 Å². The first-order valence-electron chi connectivity index (χ1n) is 6.86. The van der Waals surface area contributed by atoms with Crippen LogP contribution in [0.4, 0.5) is 5.69 Å². The zero-order valence-corrected chi connectivity index (χ0v) is 12.9. The molecule has 1 aliphatic heterocycles. The number of aliphatic carboxylic acids is 1. The van der Waals surface area contributed by atoms with Gasteiger partial charge in [0, 0.05) is 31.7 Å². The number of anilines is 1. The van der Waals surface area contributed by atoms with E-state index in [1.807, 2.05) is 35.0 Å². The maximum atomic E-state index is 12.2. The van der Waals surface area contributed by atoms with E-state index in [4.69, 9.17) is 5.11 Å². The summed E-state index contributed by atoms with van der Waals surface area (Å²) < 4.78 is 0. The maximum Gasteiger partial charge on any atom is 0.304 e. The first kappa shape index (κ1) is 17.5. The molecule has 1 amide bonds. The molecule has 1 heterocycles. The molecule has 1 N–H and O–H groups in total. The number of fused-ring (bicyclic) bond motifs is 1. The zero-order valence-electron chi connectivity index (χ0n) is 12.1. The molecular weight excluding hydrogens is 292 g/mol. The Labute approximate surface area is 131 Å². The summed E-state index contributed by atoms with van der Waals surface area (Å²) in [5.74, 6) is -0.700. The Bertz CT molecular complexity index is 507. The molecule has 0 radical (unpaired) electrons. The van der Waals surface area contributed by atoms with E-state index in [1.54, 1.807) is 0 Å². The molecule has 6 heteroatoms. The Morgan fingerprint density at radius 1 is 1.24 bits per heavy atom. The largest absolute Gasteiger partial charge is 0.481 e. The quantitative estimate of drug-likeness (QED) is 0.870. The van der Waals surface area contributed by atoms with E-state index in [9.17, 15) is 9.59 Å². The minimum Gasteiger partial charge on any atom is -0.481 e. The molecule has 0 aliphatic carbocycles. The minimum atomic E-state index is -0.809. The van der Waals surface area contributed by atoms with Gasteiger partial charge in [-0.15, -0.1) is 12.4 Å². The van der Waals surface area contributed by atoms with Gasteiger partial charge in [0.1, 0.15) is 0 Å². The number of hydrogen-bond acceptors (Lipinski definition) is 3. The predicted octanol–water partition coefficient (Wildman–Crippen LogP) is 1.79. The molecule has 0 saturated carbocycles. The number of carbonyl (C=O) groups excluding carboxylic acids is 1. The summed E-state index contributed by atoms with van der Waals surface area (Å²) in [4.78, 5) is 26.4. The number of amides is 1. The van der Waals surface area contributed by atoms with Gasteiger partial charge in [-0.25, -0.2) is 0 Å². The highest BCUT2D eigenvalue weighted by atomic mass is 35.5. The molecule has 0 bridgehead atoms. The monoisotopic (exact) mass is 312 g/mol. The van der Waals surface area contributed by atoms with Crippen molar-refractivity contribution in [2.45, 2.75) is 19.3 Å². The van der Waals surface area contributed by atoms with Crippen molar-refractivity contribution in [3.8, 4) is 0 Å². The fraction of sp³-hybridized carbons (Fsp3) is 0.467. The molecule has 5 nitrogen and oxygen atoms in total. The Morgan fingerprint density at radius 3 is 2.62 bits per heavy atom. The second-order valence-corrected chi connectivity index (χ2v) is 5.12. The lowest BCUT2D eigenvalue weighted by Gasteiger charge is -2.20. The number of nitrogens with zero attached hydrogens (tertiary/aromatic N) is 2. The van der Waals surface area contributed by atoms with Gasteiger partial charge in [0.25, 0.3) is 0 Å². The van der Waals surface area contributed by atoms with E-state index in [2.05, 4.69) is 6.07 Å². The second-order valence-electron chi connectivity index (χ2n) is 5.12. The smallest absolute Gasteiger partial charge is 0.304 e. The number of carboxylic acid groups (broad SMARTS) is 1. The van der Waals surface area contributed by atoms with Crippen LogP contribution in [0.1, 0.15) is 18.4 Å². The Kier molecular flexibility index (Phi) is 6.65. The van der Waals surface area contributed by atoms with E-state index in [1.165, 1.54) is 5.56 Å². The topological polar surface area (TPSA) is 60.9 Å². The number of rotatable bonds is 6. The molecule has 116 valence electrons. The SMILES string of the molecule is CN(CCC(=O)O)CCC(=O)N1CCc2ccccc21.Cl. The fourth-order valence-corrected chi connectivity index (χ4v) is 2.42.